The van der Waals surface area contributed by atoms with E-state index in [2.05, 4.69) is 22.2 Å². The zero-order valence-corrected chi connectivity index (χ0v) is 17.7. The molecular weight excluding hydrogens is 380 g/mol. The molecule has 27 heavy (non-hydrogen) atoms. The van der Waals surface area contributed by atoms with Crippen molar-refractivity contribution in [1.29, 1.82) is 0 Å². The van der Waals surface area contributed by atoms with Crippen LogP contribution in [-0.2, 0) is 22.4 Å². The fourth-order valence-corrected chi connectivity index (χ4v) is 5.72. The van der Waals surface area contributed by atoms with Crippen LogP contribution in [-0.4, -0.2) is 52.1 Å². The quantitative estimate of drug-likeness (QED) is 0.565. The summed E-state index contributed by atoms with van der Waals surface area (Å²) in [5.41, 5.74) is 1.37. The van der Waals surface area contributed by atoms with Crippen LogP contribution in [0.4, 0.5) is 0 Å². The molecule has 1 aliphatic carbocycles. The third kappa shape index (κ3) is 4.60. The first-order valence-electron chi connectivity index (χ1n) is 9.45. The second kappa shape index (κ2) is 9.01. The maximum atomic E-state index is 12.6. The van der Waals surface area contributed by atoms with Gasteiger partial charge < -0.3 is 10.2 Å². The summed E-state index contributed by atoms with van der Waals surface area (Å²) in [4.78, 5) is 37.3. The molecule has 1 atom stereocenters. The molecule has 0 unspecified atom stereocenters. The third-order valence-electron chi connectivity index (χ3n) is 4.83. The van der Waals surface area contributed by atoms with Crippen molar-refractivity contribution in [2.45, 2.75) is 45.1 Å². The Hall–Kier alpha value is -1.67. The van der Waals surface area contributed by atoms with Gasteiger partial charge in [-0.3, -0.25) is 9.59 Å². The highest BCUT2D eigenvalue weighted by Crippen LogP contribution is 2.40. The Labute approximate surface area is 168 Å². The zero-order chi connectivity index (χ0) is 19.4. The number of likely N-dealkylation sites (N-methyl/N-ethyl adjacent to an activating group) is 2. The molecule has 6 nitrogen and oxygen atoms in total. The van der Waals surface area contributed by atoms with Crippen LogP contribution in [0.25, 0.3) is 10.2 Å². The van der Waals surface area contributed by atoms with E-state index in [1.165, 1.54) is 28.6 Å². The molecule has 0 saturated carbocycles. The van der Waals surface area contributed by atoms with Gasteiger partial charge in [-0.15, -0.1) is 11.3 Å². The molecule has 2 heterocycles. The van der Waals surface area contributed by atoms with Crippen LogP contribution in [0.5, 0.6) is 0 Å². The second-order valence-corrected chi connectivity index (χ2v) is 8.91. The van der Waals surface area contributed by atoms with Crippen molar-refractivity contribution in [2.75, 3.05) is 25.4 Å². The maximum Gasteiger partial charge on any atom is 0.239 e. The fraction of sp³-hybridized carbons (Fsp3) is 0.579. The number of thioether (sulfide) groups is 1. The van der Waals surface area contributed by atoms with Crippen molar-refractivity contribution in [3.63, 3.8) is 0 Å². The maximum absolute atomic E-state index is 12.6. The lowest BCUT2D eigenvalue weighted by molar-refractivity contribution is -0.133. The first-order valence-corrected chi connectivity index (χ1v) is 11.3. The predicted octanol–water partition coefficient (Wildman–Crippen LogP) is 2.89. The summed E-state index contributed by atoms with van der Waals surface area (Å²) in [5, 5.41) is 4.76. The van der Waals surface area contributed by atoms with Crippen molar-refractivity contribution in [1.82, 2.24) is 20.2 Å². The van der Waals surface area contributed by atoms with E-state index in [4.69, 9.17) is 0 Å². The summed E-state index contributed by atoms with van der Waals surface area (Å²) < 4.78 is 0. The monoisotopic (exact) mass is 406 g/mol. The highest BCUT2D eigenvalue weighted by molar-refractivity contribution is 8.00. The zero-order valence-electron chi connectivity index (χ0n) is 16.1. The minimum atomic E-state index is -0.122. The average molecular weight is 407 g/mol. The Bertz CT molecular complexity index is 836. The van der Waals surface area contributed by atoms with E-state index in [9.17, 15) is 9.59 Å². The van der Waals surface area contributed by atoms with Crippen molar-refractivity contribution in [3.8, 4) is 0 Å². The van der Waals surface area contributed by atoms with E-state index in [0.717, 1.165) is 28.1 Å². The van der Waals surface area contributed by atoms with E-state index in [-0.39, 0.29) is 24.1 Å². The largest absolute Gasteiger partial charge is 0.355 e. The first-order chi connectivity index (χ1) is 13.0. The number of nitrogens with zero attached hydrogens (tertiary/aromatic N) is 3. The molecule has 0 aliphatic heterocycles. The standard InChI is InChI=1S/C19H26N4O2S2/c1-4-20-15(24)9-23(5-2)16(25)10-26-18-17-13-7-6-12(3)8-14(13)27-19(17)22-11-21-18/h11-12H,4-10H2,1-3H3,(H,20,24)/t12-/m1/s1. The Kier molecular flexibility index (Phi) is 6.70. The molecular formula is C19H26N4O2S2. The molecule has 1 N–H and O–H groups in total. The first kappa shape index (κ1) is 20.1. The van der Waals surface area contributed by atoms with Crippen molar-refractivity contribution in [3.05, 3.63) is 16.8 Å². The van der Waals surface area contributed by atoms with Crippen LogP contribution in [0.1, 0.15) is 37.6 Å². The summed E-state index contributed by atoms with van der Waals surface area (Å²) in [5.74, 6) is 0.824. The molecule has 2 aromatic rings. The lowest BCUT2D eigenvalue weighted by atomic mass is 9.89. The summed E-state index contributed by atoms with van der Waals surface area (Å²) in [6.07, 6.45) is 4.94. The summed E-state index contributed by atoms with van der Waals surface area (Å²) in [6, 6.07) is 0. The van der Waals surface area contributed by atoms with Crippen LogP contribution in [0.2, 0.25) is 0 Å². The second-order valence-electron chi connectivity index (χ2n) is 6.86. The number of carbonyl (C=O) groups excluding carboxylic acids is 2. The Balaban J connectivity index is 1.73. The molecule has 0 fully saturated rings. The van der Waals surface area contributed by atoms with Gasteiger partial charge in [0.15, 0.2) is 0 Å². The molecule has 0 radical (unpaired) electrons. The molecule has 3 rings (SSSR count). The normalized spacial score (nSPS) is 16.2. The topological polar surface area (TPSA) is 75.2 Å². The SMILES string of the molecule is CCNC(=O)CN(CC)C(=O)CSc1ncnc2sc3c(c12)CC[C@@H](C)C3. The molecule has 2 aromatic heterocycles. The fourth-order valence-electron chi connectivity index (χ4n) is 3.38. The molecule has 2 amide bonds. The number of nitrogens with one attached hydrogen (secondary N) is 1. The van der Waals surface area contributed by atoms with Crippen LogP contribution in [0.3, 0.4) is 0 Å². The number of thiophene rings is 1. The Morgan fingerprint density at radius 1 is 1.37 bits per heavy atom. The minimum Gasteiger partial charge on any atom is -0.355 e. The number of aryl methyl sites for hydroxylation is 1. The number of fused-ring (bicyclic) bond motifs is 3. The van der Waals surface area contributed by atoms with E-state index >= 15 is 0 Å². The number of amides is 2. The van der Waals surface area contributed by atoms with Crippen molar-refractivity contribution in [2.24, 2.45) is 5.92 Å². The van der Waals surface area contributed by atoms with Crippen LogP contribution in [0, 0.1) is 5.92 Å². The molecule has 8 heteroatoms. The number of carbonyl (C=O) groups is 2. The van der Waals surface area contributed by atoms with Gasteiger partial charge in [0.1, 0.15) is 16.2 Å². The van der Waals surface area contributed by atoms with Crippen LogP contribution in [0.15, 0.2) is 11.4 Å². The minimum absolute atomic E-state index is 0.0433. The van der Waals surface area contributed by atoms with Gasteiger partial charge in [0.05, 0.1) is 12.3 Å². The van der Waals surface area contributed by atoms with Gasteiger partial charge in [0.25, 0.3) is 0 Å². The van der Waals surface area contributed by atoms with E-state index < -0.39 is 0 Å². The van der Waals surface area contributed by atoms with E-state index in [0.29, 0.717) is 19.0 Å². The summed E-state index contributed by atoms with van der Waals surface area (Å²) in [6.45, 7) is 7.24. The molecule has 0 saturated heterocycles. The molecule has 0 spiro atoms. The number of hydrogen-bond acceptors (Lipinski definition) is 6. The Morgan fingerprint density at radius 3 is 2.93 bits per heavy atom. The van der Waals surface area contributed by atoms with Crippen LogP contribution < -0.4 is 5.32 Å². The highest BCUT2D eigenvalue weighted by atomic mass is 32.2. The lowest BCUT2D eigenvalue weighted by Crippen LogP contribution is -2.41. The smallest absolute Gasteiger partial charge is 0.239 e. The van der Waals surface area contributed by atoms with Gasteiger partial charge in [-0.25, -0.2) is 9.97 Å². The summed E-state index contributed by atoms with van der Waals surface area (Å²) in [7, 11) is 0. The Morgan fingerprint density at radius 2 is 2.19 bits per heavy atom. The number of rotatable bonds is 7. The number of aromatic nitrogens is 2. The highest BCUT2D eigenvalue weighted by Gasteiger charge is 2.24. The van der Waals surface area contributed by atoms with Gasteiger partial charge in [0, 0.05) is 23.4 Å². The lowest BCUT2D eigenvalue weighted by Gasteiger charge is -2.20. The average Bonchev–Trinajstić information content (AvgIpc) is 3.02. The molecule has 0 bridgehead atoms. The van der Waals surface area contributed by atoms with Gasteiger partial charge in [-0.05, 0) is 44.6 Å². The van der Waals surface area contributed by atoms with Gasteiger partial charge in [-0.1, -0.05) is 18.7 Å². The van der Waals surface area contributed by atoms with Crippen molar-refractivity contribution < 1.29 is 9.59 Å². The van der Waals surface area contributed by atoms with Gasteiger partial charge in [0.2, 0.25) is 11.8 Å². The number of hydrogen-bond donors (Lipinski definition) is 1. The van der Waals surface area contributed by atoms with E-state index in [1.54, 1.807) is 22.6 Å². The van der Waals surface area contributed by atoms with Gasteiger partial charge in [-0.2, -0.15) is 0 Å². The molecule has 146 valence electrons. The molecule has 1 aliphatic rings. The van der Waals surface area contributed by atoms with Gasteiger partial charge >= 0.3 is 0 Å². The van der Waals surface area contributed by atoms with Crippen molar-refractivity contribution >= 4 is 45.1 Å². The predicted molar refractivity (Wildman–Crippen MR) is 110 cm³/mol. The summed E-state index contributed by atoms with van der Waals surface area (Å²) >= 11 is 3.22. The van der Waals surface area contributed by atoms with E-state index in [1.807, 2.05) is 13.8 Å². The third-order valence-corrected chi connectivity index (χ3v) is 6.97. The van der Waals surface area contributed by atoms with Crippen LogP contribution >= 0.6 is 23.1 Å². The molecule has 0 aromatic carbocycles.